The Morgan fingerprint density at radius 2 is 1.83 bits per heavy atom. The second kappa shape index (κ2) is 6.00. The highest BCUT2D eigenvalue weighted by atomic mass is 16.3. The van der Waals surface area contributed by atoms with Crippen LogP contribution in [-0.4, -0.2) is 34.3 Å². The van der Waals surface area contributed by atoms with E-state index in [1.54, 1.807) is 0 Å². The molecule has 5 heteroatoms. The van der Waals surface area contributed by atoms with Gasteiger partial charge < -0.3 is 15.7 Å². The zero-order chi connectivity index (χ0) is 13.8. The van der Waals surface area contributed by atoms with Crippen LogP contribution < -0.4 is 10.6 Å². The van der Waals surface area contributed by atoms with Gasteiger partial charge in [0.1, 0.15) is 17.5 Å². The number of nitrogens with zero attached hydrogens (tertiary/aromatic N) is 2. The first-order valence-electron chi connectivity index (χ1n) is 6.37. The van der Waals surface area contributed by atoms with Crippen LogP contribution in [0.25, 0.3) is 0 Å². The molecule has 0 aliphatic carbocycles. The van der Waals surface area contributed by atoms with Crippen LogP contribution in [0.3, 0.4) is 0 Å². The summed E-state index contributed by atoms with van der Waals surface area (Å²) in [5.41, 5.74) is 0.576. The Morgan fingerprint density at radius 3 is 2.33 bits per heavy atom. The van der Waals surface area contributed by atoms with Crippen molar-refractivity contribution in [1.29, 1.82) is 0 Å². The molecule has 102 valence electrons. The number of nitrogens with one attached hydrogen (secondary N) is 2. The number of aryl methyl sites for hydroxylation is 1. The van der Waals surface area contributed by atoms with E-state index in [0.29, 0.717) is 0 Å². The van der Waals surface area contributed by atoms with Gasteiger partial charge >= 0.3 is 0 Å². The van der Waals surface area contributed by atoms with Crippen molar-refractivity contribution < 1.29 is 5.11 Å². The molecule has 1 aromatic rings. The van der Waals surface area contributed by atoms with Crippen LogP contribution in [0.1, 0.15) is 38.6 Å². The summed E-state index contributed by atoms with van der Waals surface area (Å²) in [6, 6.07) is 0. The highest BCUT2D eigenvalue weighted by molar-refractivity contribution is 5.57. The molecule has 1 aromatic heterocycles. The first-order valence-corrected chi connectivity index (χ1v) is 6.37. The fourth-order valence-electron chi connectivity index (χ4n) is 1.62. The minimum Gasteiger partial charge on any atom is -0.394 e. The largest absolute Gasteiger partial charge is 0.394 e. The van der Waals surface area contributed by atoms with Gasteiger partial charge in [0.15, 0.2) is 0 Å². The molecule has 0 saturated heterocycles. The number of aliphatic hydroxyl groups excluding tert-OH is 1. The maximum atomic E-state index is 9.32. The van der Waals surface area contributed by atoms with E-state index in [2.05, 4.69) is 27.5 Å². The Balaban J connectivity index is 3.12. The summed E-state index contributed by atoms with van der Waals surface area (Å²) < 4.78 is 0. The van der Waals surface area contributed by atoms with Crippen LogP contribution >= 0.6 is 0 Å². The molecule has 18 heavy (non-hydrogen) atoms. The van der Waals surface area contributed by atoms with Crippen molar-refractivity contribution >= 4 is 11.6 Å². The van der Waals surface area contributed by atoms with E-state index in [-0.39, 0.29) is 6.61 Å². The van der Waals surface area contributed by atoms with E-state index in [0.717, 1.165) is 35.9 Å². The van der Waals surface area contributed by atoms with E-state index in [4.69, 9.17) is 0 Å². The van der Waals surface area contributed by atoms with Crippen LogP contribution in [0, 0.1) is 6.92 Å². The molecule has 5 nitrogen and oxygen atoms in total. The molecule has 0 amide bonds. The number of aliphatic hydroxyl groups is 1. The van der Waals surface area contributed by atoms with E-state index in [1.807, 2.05) is 27.8 Å². The van der Waals surface area contributed by atoms with E-state index < -0.39 is 5.54 Å². The fourth-order valence-corrected chi connectivity index (χ4v) is 1.62. The summed E-state index contributed by atoms with van der Waals surface area (Å²) in [6.45, 7) is 8.00. The minimum absolute atomic E-state index is 0.0500. The van der Waals surface area contributed by atoms with Gasteiger partial charge in [-0.25, -0.2) is 9.97 Å². The second-order valence-corrected chi connectivity index (χ2v) is 5.13. The van der Waals surface area contributed by atoms with Crippen molar-refractivity contribution in [3.8, 4) is 0 Å². The van der Waals surface area contributed by atoms with Gasteiger partial charge in [-0.15, -0.1) is 0 Å². The molecule has 0 fully saturated rings. The standard InChI is InChI=1S/C13H24N4O/c1-6-7-10-15-11(14-5)9(2)12(16-10)17-13(3,4)8-18/h18H,6-8H2,1-5H3,(H2,14,15,16,17). The zero-order valence-electron chi connectivity index (χ0n) is 12.0. The molecule has 0 aromatic carbocycles. The molecule has 1 heterocycles. The minimum atomic E-state index is -0.395. The predicted molar refractivity (Wildman–Crippen MR) is 75.1 cm³/mol. The SMILES string of the molecule is CCCc1nc(NC)c(C)c(NC(C)(C)CO)n1. The van der Waals surface area contributed by atoms with Crippen LogP contribution in [0.5, 0.6) is 0 Å². The average molecular weight is 252 g/mol. The third kappa shape index (κ3) is 3.57. The van der Waals surface area contributed by atoms with E-state index >= 15 is 0 Å². The maximum Gasteiger partial charge on any atom is 0.135 e. The molecule has 0 radical (unpaired) electrons. The monoisotopic (exact) mass is 252 g/mol. The summed E-state index contributed by atoms with van der Waals surface area (Å²) in [7, 11) is 1.85. The van der Waals surface area contributed by atoms with E-state index in [1.165, 1.54) is 0 Å². The maximum absolute atomic E-state index is 9.32. The van der Waals surface area contributed by atoms with Gasteiger partial charge in [-0.1, -0.05) is 6.92 Å². The molecule has 0 atom stereocenters. The van der Waals surface area contributed by atoms with Gasteiger partial charge in [-0.05, 0) is 27.2 Å². The molecular formula is C13H24N4O. The molecular weight excluding hydrogens is 228 g/mol. The van der Waals surface area contributed by atoms with Gasteiger partial charge in [0.2, 0.25) is 0 Å². The van der Waals surface area contributed by atoms with Gasteiger partial charge in [-0.2, -0.15) is 0 Å². The summed E-state index contributed by atoms with van der Waals surface area (Å²) in [5.74, 6) is 2.45. The van der Waals surface area contributed by atoms with Crippen molar-refractivity contribution in [2.75, 3.05) is 24.3 Å². The number of aromatic nitrogens is 2. The zero-order valence-corrected chi connectivity index (χ0v) is 12.0. The average Bonchev–Trinajstić information content (AvgIpc) is 2.33. The van der Waals surface area contributed by atoms with Gasteiger partial charge in [0.05, 0.1) is 12.1 Å². The Kier molecular flexibility index (Phi) is 4.90. The molecule has 0 saturated carbocycles. The van der Waals surface area contributed by atoms with E-state index in [9.17, 15) is 5.11 Å². The van der Waals surface area contributed by atoms with Crippen molar-refractivity contribution in [2.24, 2.45) is 0 Å². The number of anilines is 2. The van der Waals surface area contributed by atoms with Crippen molar-refractivity contribution in [2.45, 2.75) is 46.1 Å². The molecule has 0 aliphatic rings. The Morgan fingerprint density at radius 1 is 1.22 bits per heavy atom. The Hall–Kier alpha value is -1.36. The summed E-state index contributed by atoms with van der Waals surface area (Å²) in [5, 5.41) is 15.7. The second-order valence-electron chi connectivity index (χ2n) is 5.13. The Bertz CT molecular complexity index is 404. The third-order valence-electron chi connectivity index (χ3n) is 2.75. The van der Waals surface area contributed by atoms with Crippen molar-refractivity contribution in [3.63, 3.8) is 0 Å². The Labute approximate surface area is 109 Å². The molecule has 0 unspecified atom stereocenters. The lowest BCUT2D eigenvalue weighted by molar-refractivity contribution is 0.234. The van der Waals surface area contributed by atoms with Crippen molar-refractivity contribution in [1.82, 2.24) is 9.97 Å². The fraction of sp³-hybridized carbons (Fsp3) is 0.692. The number of hydrogen-bond donors (Lipinski definition) is 3. The van der Waals surface area contributed by atoms with Crippen LogP contribution in [0.2, 0.25) is 0 Å². The van der Waals surface area contributed by atoms with Gasteiger partial charge in [-0.3, -0.25) is 0 Å². The molecule has 1 rings (SSSR count). The van der Waals surface area contributed by atoms with Crippen LogP contribution in [0.4, 0.5) is 11.6 Å². The quantitative estimate of drug-likeness (QED) is 0.722. The topological polar surface area (TPSA) is 70.1 Å². The normalized spacial score (nSPS) is 11.4. The third-order valence-corrected chi connectivity index (χ3v) is 2.75. The first kappa shape index (κ1) is 14.7. The van der Waals surface area contributed by atoms with Crippen LogP contribution in [0.15, 0.2) is 0 Å². The lowest BCUT2D eigenvalue weighted by atomic mass is 10.1. The number of rotatable bonds is 6. The van der Waals surface area contributed by atoms with Crippen LogP contribution in [-0.2, 0) is 6.42 Å². The summed E-state index contributed by atoms with van der Waals surface area (Å²) >= 11 is 0. The molecule has 0 spiro atoms. The lowest BCUT2D eigenvalue weighted by Gasteiger charge is -2.26. The molecule has 0 bridgehead atoms. The van der Waals surface area contributed by atoms with Gasteiger partial charge in [0, 0.05) is 19.0 Å². The molecule has 3 N–H and O–H groups in total. The predicted octanol–water partition coefficient (Wildman–Crippen LogP) is 1.96. The number of hydrogen-bond acceptors (Lipinski definition) is 5. The summed E-state index contributed by atoms with van der Waals surface area (Å²) in [6.07, 6.45) is 1.86. The molecule has 0 aliphatic heterocycles. The highest BCUT2D eigenvalue weighted by Gasteiger charge is 2.19. The smallest absolute Gasteiger partial charge is 0.135 e. The summed E-state index contributed by atoms with van der Waals surface area (Å²) in [4.78, 5) is 9.00. The first-order chi connectivity index (χ1) is 8.43. The lowest BCUT2D eigenvalue weighted by Crippen LogP contribution is -2.35. The highest BCUT2D eigenvalue weighted by Crippen LogP contribution is 2.23. The van der Waals surface area contributed by atoms with Gasteiger partial charge in [0.25, 0.3) is 0 Å². The van der Waals surface area contributed by atoms with Crippen molar-refractivity contribution in [3.05, 3.63) is 11.4 Å².